The van der Waals surface area contributed by atoms with Gasteiger partial charge in [-0.05, 0) is 31.0 Å². The van der Waals surface area contributed by atoms with Crippen molar-refractivity contribution in [1.82, 2.24) is 9.55 Å². The molecule has 0 saturated heterocycles. The first kappa shape index (κ1) is 21.4. The average molecular weight is 380 g/mol. The zero-order chi connectivity index (χ0) is 20.4. The van der Waals surface area contributed by atoms with Crippen LogP contribution in [0.4, 0.5) is 0 Å². The first-order valence-corrected chi connectivity index (χ1v) is 9.89. The number of aliphatic carboxylic acids is 1. The van der Waals surface area contributed by atoms with Crippen LogP contribution in [-0.2, 0) is 4.79 Å². The van der Waals surface area contributed by atoms with Crippen molar-refractivity contribution in [2.75, 3.05) is 0 Å². The summed E-state index contributed by atoms with van der Waals surface area (Å²) in [6.07, 6.45) is 9.72. The number of fused-ring (bicyclic) bond motifs is 1. The van der Waals surface area contributed by atoms with Crippen LogP contribution in [0, 0.1) is 5.41 Å². The maximum absolute atomic E-state index is 9.37. The first-order valence-electron chi connectivity index (χ1n) is 9.89. The molecule has 2 N–H and O–H groups in total. The molecule has 5 heteroatoms. The van der Waals surface area contributed by atoms with Crippen molar-refractivity contribution in [1.29, 1.82) is 5.41 Å². The van der Waals surface area contributed by atoms with Crippen LogP contribution in [0.3, 0.4) is 0 Å². The second-order valence-corrected chi connectivity index (χ2v) is 6.65. The summed E-state index contributed by atoms with van der Waals surface area (Å²) in [7, 11) is 0. The van der Waals surface area contributed by atoms with Gasteiger partial charge in [0.05, 0.1) is 5.52 Å². The van der Waals surface area contributed by atoms with Gasteiger partial charge in [0.15, 0.2) is 0 Å². The quantitative estimate of drug-likeness (QED) is 0.381. The Kier molecular flexibility index (Phi) is 8.40. The normalized spacial score (nSPS) is 10.4. The minimum atomic E-state index is -0.745. The Morgan fingerprint density at radius 3 is 2.43 bits per heavy atom. The molecule has 2 heterocycles. The van der Waals surface area contributed by atoms with Gasteiger partial charge in [0, 0.05) is 35.5 Å². The van der Waals surface area contributed by atoms with Gasteiger partial charge in [-0.15, -0.1) is 0 Å². The summed E-state index contributed by atoms with van der Waals surface area (Å²) in [4.78, 5) is 13.8. The molecule has 148 valence electrons. The molecule has 0 atom stereocenters. The first-order chi connectivity index (χ1) is 13.6. The molecule has 3 aromatic rings. The van der Waals surface area contributed by atoms with E-state index in [-0.39, 0.29) is 6.42 Å². The standard InChI is InChI=1S/C20H23N3.C3H6O2/c1-2-3-4-5-11-18(21)17-15-23(20-13-8-9-14-22-20)19-12-7-6-10-16(17)19;1-2-3(4)5/h6-10,12-15,21H,2-5,11H2,1H3;2H2,1H3,(H,4,5). The van der Waals surface area contributed by atoms with Gasteiger partial charge in [0.2, 0.25) is 0 Å². The molecule has 0 radical (unpaired) electrons. The fourth-order valence-corrected chi connectivity index (χ4v) is 2.97. The van der Waals surface area contributed by atoms with Crippen LogP contribution in [-0.4, -0.2) is 26.3 Å². The van der Waals surface area contributed by atoms with Gasteiger partial charge in [-0.3, -0.25) is 4.79 Å². The molecule has 3 rings (SSSR count). The van der Waals surface area contributed by atoms with Crippen molar-refractivity contribution in [2.24, 2.45) is 0 Å². The number of nitrogens with one attached hydrogen (secondary N) is 1. The van der Waals surface area contributed by atoms with E-state index in [9.17, 15) is 4.79 Å². The highest BCUT2D eigenvalue weighted by atomic mass is 16.4. The minimum absolute atomic E-state index is 0.222. The van der Waals surface area contributed by atoms with E-state index in [1.165, 1.54) is 19.3 Å². The Morgan fingerprint density at radius 2 is 1.79 bits per heavy atom. The topological polar surface area (TPSA) is 79.0 Å². The number of carbonyl (C=O) groups is 1. The number of pyridine rings is 1. The van der Waals surface area contributed by atoms with Crippen molar-refractivity contribution in [3.63, 3.8) is 0 Å². The molecular weight excluding hydrogens is 350 g/mol. The molecule has 5 nitrogen and oxygen atoms in total. The van der Waals surface area contributed by atoms with E-state index >= 15 is 0 Å². The summed E-state index contributed by atoms with van der Waals surface area (Å²) in [6, 6.07) is 14.2. The Bertz CT molecular complexity index is 901. The summed E-state index contributed by atoms with van der Waals surface area (Å²) in [5.74, 6) is 0.152. The van der Waals surface area contributed by atoms with Crippen LogP contribution in [0.1, 0.15) is 57.9 Å². The van der Waals surface area contributed by atoms with Crippen LogP contribution >= 0.6 is 0 Å². The fraction of sp³-hybridized carbons (Fsp3) is 0.348. The number of nitrogens with zero attached hydrogens (tertiary/aromatic N) is 2. The van der Waals surface area contributed by atoms with Gasteiger partial charge in [-0.25, -0.2) is 4.98 Å². The molecule has 0 fully saturated rings. The number of carboxylic acid groups (broad SMARTS) is 1. The summed E-state index contributed by atoms with van der Waals surface area (Å²) >= 11 is 0. The molecule has 2 aromatic heterocycles. The van der Waals surface area contributed by atoms with Crippen molar-refractivity contribution in [2.45, 2.75) is 52.4 Å². The molecule has 0 aliphatic heterocycles. The van der Waals surface area contributed by atoms with Gasteiger partial charge < -0.3 is 15.1 Å². The molecular formula is C23H29N3O2. The van der Waals surface area contributed by atoms with E-state index < -0.39 is 5.97 Å². The summed E-state index contributed by atoms with van der Waals surface area (Å²) < 4.78 is 2.09. The van der Waals surface area contributed by atoms with Gasteiger partial charge in [-0.1, -0.05) is 57.4 Å². The number of carboxylic acids is 1. The number of aromatic nitrogens is 2. The molecule has 0 aliphatic rings. The second-order valence-electron chi connectivity index (χ2n) is 6.65. The van der Waals surface area contributed by atoms with Gasteiger partial charge in [0.1, 0.15) is 5.82 Å². The lowest BCUT2D eigenvalue weighted by Crippen LogP contribution is -1.99. The van der Waals surface area contributed by atoms with Crippen molar-refractivity contribution in [3.8, 4) is 5.82 Å². The number of rotatable bonds is 8. The largest absolute Gasteiger partial charge is 0.481 e. The predicted molar refractivity (Wildman–Crippen MR) is 115 cm³/mol. The lowest BCUT2D eigenvalue weighted by Gasteiger charge is -2.03. The number of benzene rings is 1. The Labute approximate surface area is 166 Å². The Morgan fingerprint density at radius 1 is 1.07 bits per heavy atom. The van der Waals surface area contributed by atoms with E-state index in [0.29, 0.717) is 0 Å². The van der Waals surface area contributed by atoms with Gasteiger partial charge in [0.25, 0.3) is 0 Å². The summed E-state index contributed by atoms with van der Waals surface area (Å²) in [6.45, 7) is 3.81. The highest BCUT2D eigenvalue weighted by Gasteiger charge is 2.13. The van der Waals surface area contributed by atoms with Crippen LogP contribution < -0.4 is 0 Å². The average Bonchev–Trinajstić information content (AvgIpc) is 3.12. The molecule has 0 aliphatic carbocycles. The van der Waals surface area contributed by atoms with E-state index in [1.807, 2.05) is 30.3 Å². The third kappa shape index (κ3) is 5.78. The molecule has 0 bridgehead atoms. The van der Waals surface area contributed by atoms with Crippen LogP contribution in [0.5, 0.6) is 0 Å². The molecule has 0 spiro atoms. The monoisotopic (exact) mass is 379 g/mol. The van der Waals surface area contributed by atoms with Crippen molar-refractivity contribution >= 4 is 22.6 Å². The molecule has 0 unspecified atom stereocenters. The number of unbranched alkanes of at least 4 members (excludes halogenated alkanes) is 3. The zero-order valence-corrected chi connectivity index (χ0v) is 16.7. The van der Waals surface area contributed by atoms with Crippen LogP contribution in [0.2, 0.25) is 0 Å². The maximum atomic E-state index is 9.37. The maximum Gasteiger partial charge on any atom is 0.303 e. The molecule has 0 saturated carbocycles. The molecule has 1 aromatic carbocycles. The highest BCUT2D eigenvalue weighted by Crippen LogP contribution is 2.25. The van der Waals surface area contributed by atoms with Crippen LogP contribution in [0.25, 0.3) is 16.7 Å². The summed E-state index contributed by atoms with van der Waals surface area (Å²) in [5.41, 5.74) is 2.87. The molecule has 28 heavy (non-hydrogen) atoms. The van der Waals surface area contributed by atoms with E-state index in [0.717, 1.165) is 40.8 Å². The van der Waals surface area contributed by atoms with E-state index in [1.54, 1.807) is 13.1 Å². The lowest BCUT2D eigenvalue weighted by molar-refractivity contribution is -0.136. The van der Waals surface area contributed by atoms with E-state index in [2.05, 4.69) is 34.8 Å². The lowest BCUT2D eigenvalue weighted by atomic mass is 10.0. The zero-order valence-electron chi connectivity index (χ0n) is 16.7. The Hall–Kier alpha value is -2.95. The van der Waals surface area contributed by atoms with Crippen molar-refractivity contribution in [3.05, 3.63) is 60.4 Å². The van der Waals surface area contributed by atoms with E-state index in [4.69, 9.17) is 10.5 Å². The summed E-state index contributed by atoms with van der Waals surface area (Å²) in [5, 5.41) is 17.3. The van der Waals surface area contributed by atoms with Gasteiger partial charge >= 0.3 is 5.97 Å². The predicted octanol–water partition coefficient (Wildman–Crippen LogP) is 5.84. The third-order valence-corrected chi connectivity index (χ3v) is 4.52. The third-order valence-electron chi connectivity index (χ3n) is 4.52. The number of para-hydroxylation sites is 1. The smallest absolute Gasteiger partial charge is 0.303 e. The van der Waals surface area contributed by atoms with Gasteiger partial charge in [-0.2, -0.15) is 0 Å². The minimum Gasteiger partial charge on any atom is -0.481 e. The van der Waals surface area contributed by atoms with Crippen LogP contribution in [0.15, 0.2) is 54.9 Å². The highest BCUT2D eigenvalue weighted by molar-refractivity contribution is 6.09. The SMILES string of the molecule is CCC(=O)O.CCCCCCC(=N)c1cn(-c2ccccn2)c2ccccc12. The second kappa shape index (κ2) is 11.0. The Balaban J connectivity index is 0.000000500. The van der Waals surface area contributed by atoms with Crippen molar-refractivity contribution < 1.29 is 9.90 Å². The molecule has 0 amide bonds. The fourth-order valence-electron chi connectivity index (χ4n) is 2.97. The number of hydrogen-bond donors (Lipinski definition) is 2. The number of hydrogen-bond acceptors (Lipinski definition) is 3.